The molecule has 4 aliphatic rings. The van der Waals surface area contributed by atoms with Crippen molar-refractivity contribution in [3.8, 4) is 0 Å². The molecule has 4 heteroatoms. The second-order valence-electron chi connectivity index (χ2n) is 6.69. The van der Waals surface area contributed by atoms with Crippen LogP contribution in [0.15, 0.2) is 0 Å². The average Bonchev–Trinajstić information content (AvgIpc) is 2.43. The molecule has 19 heavy (non-hydrogen) atoms. The van der Waals surface area contributed by atoms with Gasteiger partial charge in [0, 0.05) is 43.9 Å². The van der Waals surface area contributed by atoms with Gasteiger partial charge in [-0.05, 0) is 38.0 Å². The van der Waals surface area contributed by atoms with E-state index in [4.69, 9.17) is 0 Å². The third kappa shape index (κ3) is 1.65. The van der Waals surface area contributed by atoms with Crippen molar-refractivity contribution in [2.24, 2.45) is 11.8 Å². The fourth-order valence-corrected chi connectivity index (χ4v) is 5.08. The van der Waals surface area contributed by atoms with Gasteiger partial charge < -0.3 is 9.80 Å². The number of carbonyl (C=O) groups excluding carboxylic acids is 2. The van der Waals surface area contributed by atoms with Crippen LogP contribution in [0.2, 0.25) is 0 Å². The molecule has 4 heterocycles. The Balaban J connectivity index is 1.68. The van der Waals surface area contributed by atoms with Crippen LogP contribution in [-0.4, -0.2) is 46.8 Å². The van der Waals surface area contributed by atoms with Gasteiger partial charge in [0.15, 0.2) is 0 Å². The summed E-state index contributed by atoms with van der Waals surface area (Å²) in [7, 11) is 0. The number of hydrogen-bond acceptors (Lipinski definition) is 2. The minimum Gasteiger partial charge on any atom is -0.339 e. The highest BCUT2D eigenvalue weighted by molar-refractivity contribution is 5.79. The highest BCUT2D eigenvalue weighted by Gasteiger charge is 2.52. The van der Waals surface area contributed by atoms with Crippen molar-refractivity contribution in [1.82, 2.24) is 9.80 Å². The lowest BCUT2D eigenvalue weighted by atomic mass is 9.68. The van der Waals surface area contributed by atoms with Crippen LogP contribution in [0.4, 0.5) is 0 Å². The van der Waals surface area contributed by atoms with E-state index in [1.165, 1.54) is 6.42 Å². The van der Waals surface area contributed by atoms with Gasteiger partial charge in [-0.1, -0.05) is 0 Å². The molecular formula is C15H22N2O2. The normalized spacial score (nSPS) is 41.9. The summed E-state index contributed by atoms with van der Waals surface area (Å²) in [4.78, 5) is 28.6. The summed E-state index contributed by atoms with van der Waals surface area (Å²) < 4.78 is 0. The molecule has 0 aromatic rings. The number of carbonyl (C=O) groups is 2. The van der Waals surface area contributed by atoms with E-state index < -0.39 is 0 Å². The summed E-state index contributed by atoms with van der Waals surface area (Å²) in [5, 5.41) is 0. The van der Waals surface area contributed by atoms with E-state index in [0.717, 1.165) is 45.2 Å². The maximum Gasteiger partial charge on any atom is 0.222 e. The predicted octanol–water partition coefficient (Wildman–Crippen LogP) is 1.40. The first-order valence-corrected chi connectivity index (χ1v) is 7.84. The molecule has 0 aliphatic carbocycles. The van der Waals surface area contributed by atoms with Gasteiger partial charge in [-0.15, -0.1) is 0 Å². The zero-order chi connectivity index (χ0) is 13.0. The molecule has 0 spiro atoms. The zero-order valence-corrected chi connectivity index (χ0v) is 11.4. The van der Waals surface area contributed by atoms with Crippen LogP contribution in [0.5, 0.6) is 0 Å². The number of nitrogens with zero attached hydrogens (tertiary/aromatic N) is 2. The van der Waals surface area contributed by atoms with E-state index in [0.29, 0.717) is 42.2 Å². The highest BCUT2D eigenvalue weighted by Crippen LogP contribution is 2.44. The molecule has 4 saturated heterocycles. The van der Waals surface area contributed by atoms with E-state index in [2.05, 4.69) is 9.80 Å². The van der Waals surface area contributed by atoms with Gasteiger partial charge in [0.25, 0.3) is 0 Å². The Morgan fingerprint density at radius 2 is 1.74 bits per heavy atom. The van der Waals surface area contributed by atoms with Crippen LogP contribution >= 0.6 is 0 Å². The molecular weight excluding hydrogens is 240 g/mol. The molecule has 4 fully saturated rings. The van der Waals surface area contributed by atoms with E-state index in [-0.39, 0.29) is 0 Å². The van der Waals surface area contributed by atoms with E-state index in [1.807, 2.05) is 0 Å². The van der Waals surface area contributed by atoms with E-state index in [1.54, 1.807) is 0 Å². The second-order valence-corrected chi connectivity index (χ2v) is 6.69. The molecule has 0 saturated carbocycles. The monoisotopic (exact) mass is 262 g/mol. The van der Waals surface area contributed by atoms with Crippen molar-refractivity contribution in [1.29, 1.82) is 0 Å². The van der Waals surface area contributed by atoms with Crippen LogP contribution < -0.4 is 0 Å². The van der Waals surface area contributed by atoms with Crippen LogP contribution in [0.3, 0.4) is 0 Å². The number of rotatable bonds is 0. The summed E-state index contributed by atoms with van der Waals surface area (Å²) in [6.45, 7) is 1.87. The first-order chi connectivity index (χ1) is 9.25. The molecule has 0 aromatic heterocycles. The largest absolute Gasteiger partial charge is 0.339 e. The fourth-order valence-electron chi connectivity index (χ4n) is 5.08. The molecule has 104 valence electrons. The molecule has 0 radical (unpaired) electrons. The van der Waals surface area contributed by atoms with Gasteiger partial charge in [0.2, 0.25) is 11.8 Å². The highest BCUT2D eigenvalue weighted by atomic mass is 16.2. The van der Waals surface area contributed by atoms with Crippen LogP contribution in [0, 0.1) is 11.8 Å². The third-order valence-corrected chi connectivity index (χ3v) is 5.80. The number of hydrogen-bond donors (Lipinski definition) is 0. The lowest BCUT2D eigenvalue weighted by molar-refractivity contribution is -0.160. The SMILES string of the molecule is O=C1CC[C@H]2[C@@H]3[C@H](CCCN13)CN1C(=O)CCC[C@H]21. The minimum absolute atomic E-state index is 0.363. The van der Waals surface area contributed by atoms with Crippen molar-refractivity contribution < 1.29 is 9.59 Å². The Kier molecular flexibility index (Phi) is 2.61. The van der Waals surface area contributed by atoms with Crippen LogP contribution in [0.25, 0.3) is 0 Å². The topological polar surface area (TPSA) is 40.6 Å². The maximum absolute atomic E-state index is 12.2. The van der Waals surface area contributed by atoms with Crippen molar-refractivity contribution in [2.45, 2.75) is 57.0 Å². The van der Waals surface area contributed by atoms with Crippen molar-refractivity contribution in [3.05, 3.63) is 0 Å². The Morgan fingerprint density at radius 1 is 0.895 bits per heavy atom. The zero-order valence-electron chi connectivity index (χ0n) is 11.4. The lowest BCUT2D eigenvalue weighted by Crippen LogP contribution is -2.67. The van der Waals surface area contributed by atoms with Crippen LogP contribution in [0.1, 0.15) is 44.9 Å². The van der Waals surface area contributed by atoms with Gasteiger partial charge in [-0.25, -0.2) is 0 Å². The molecule has 4 nitrogen and oxygen atoms in total. The lowest BCUT2D eigenvalue weighted by Gasteiger charge is -2.58. The fraction of sp³-hybridized carbons (Fsp3) is 0.867. The summed E-state index contributed by atoms with van der Waals surface area (Å²) in [6, 6.07) is 0.873. The Bertz CT molecular complexity index is 422. The summed E-state index contributed by atoms with van der Waals surface area (Å²) in [5.41, 5.74) is 0. The van der Waals surface area contributed by atoms with Crippen LogP contribution in [-0.2, 0) is 9.59 Å². The molecule has 0 N–H and O–H groups in total. The van der Waals surface area contributed by atoms with Gasteiger partial charge in [-0.3, -0.25) is 9.59 Å². The summed E-state index contributed by atoms with van der Waals surface area (Å²) in [6.07, 6.45) is 6.96. The number of piperidine rings is 4. The maximum atomic E-state index is 12.2. The molecule has 0 bridgehead atoms. The van der Waals surface area contributed by atoms with Gasteiger partial charge in [-0.2, -0.15) is 0 Å². The van der Waals surface area contributed by atoms with E-state index >= 15 is 0 Å². The Labute approximate surface area is 114 Å². The quantitative estimate of drug-likeness (QED) is 0.662. The first kappa shape index (κ1) is 11.7. The van der Waals surface area contributed by atoms with Crippen molar-refractivity contribution >= 4 is 11.8 Å². The minimum atomic E-state index is 0.363. The molecule has 4 rings (SSSR count). The number of amides is 2. The van der Waals surface area contributed by atoms with Gasteiger partial charge >= 0.3 is 0 Å². The standard InChI is InChI=1S/C15H22N2O2/c18-13-5-1-4-12-11-6-7-14(19)16-8-2-3-10(15(11)16)9-17(12)13/h10-12,15H,1-9H2/t10-,11-,12-,15+/m1/s1. The van der Waals surface area contributed by atoms with Gasteiger partial charge in [0.1, 0.15) is 0 Å². The Morgan fingerprint density at radius 3 is 2.63 bits per heavy atom. The van der Waals surface area contributed by atoms with Gasteiger partial charge in [0.05, 0.1) is 0 Å². The van der Waals surface area contributed by atoms with E-state index in [9.17, 15) is 9.59 Å². The molecule has 4 aliphatic heterocycles. The van der Waals surface area contributed by atoms with Crippen molar-refractivity contribution in [2.75, 3.05) is 13.1 Å². The molecule has 2 amide bonds. The first-order valence-electron chi connectivity index (χ1n) is 7.84. The predicted molar refractivity (Wildman–Crippen MR) is 70.3 cm³/mol. The average molecular weight is 262 g/mol. The third-order valence-electron chi connectivity index (χ3n) is 5.80. The smallest absolute Gasteiger partial charge is 0.222 e. The second kappa shape index (κ2) is 4.22. The molecule has 0 aromatic carbocycles. The molecule has 0 unspecified atom stereocenters. The summed E-state index contributed by atoms with van der Waals surface area (Å²) in [5.74, 6) is 1.83. The summed E-state index contributed by atoms with van der Waals surface area (Å²) >= 11 is 0. The number of fused-ring (bicyclic) bond motifs is 2. The Hall–Kier alpha value is -1.06. The van der Waals surface area contributed by atoms with Crippen molar-refractivity contribution in [3.63, 3.8) is 0 Å². The molecule has 4 atom stereocenters.